The van der Waals surface area contributed by atoms with Crippen LogP contribution in [0.25, 0.3) is 6.08 Å². The van der Waals surface area contributed by atoms with Gasteiger partial charge in [-0.2, -0.15) is 0 Å². The lowest BCUT2D eigenvalue weighted by molar-refractivity contribution is -0.148. The molecule has 0 fully saturated rings. The van der Waals surface area contributed by atoms with E-state index in [1.54, 1.807) is 60.7 Å². The molecule has 162 valence electrons. The van der Waals surface area contributed by atoms with Crippen LogP contribution < -0.4 is 10.1 Å². The van der Waals surface area contributed by atoms with E-state index in [0.29, 0.717) is 23.1 Å². The summed E-state index contributed by atoms with van der Waals surface area (Å²) in [6.45, 7) is 3.30. The maximum atomic E-state index is 12.1. The summed E-state index contributed by atoms with van der Waals surface area (Å²) in [5.74, 6) is -0.920. The number of rotatable bonds is 10. The van der Waals surface area contributed by atoms with Gasteiger partial charge in [-0.3, -0.25) is 9.59 Å². The van der Waals surface area contributed by atoms with E-state index in [0.717, 1.165) is 10.5 Å². The topological polar surface area (TPSA) is 84.9 Å². The maximum absolute atomic E-state index is 12.1. The van der Waals surface area contributed by atoms with Crippen LogP contribution in [-0.2, 0) is 19.1 Å². The first-order valence-corrected chi connectivity index (χ1v) is 9.73. The summed E-state index contributed by atoms with van der Waals surface area (Å²) >= 11 is 5.98. The standard InChI is InChI=1S/C23H23ClN2O5/c1-3-14-30-18-11-8-17(9-12-18)10-13-23(29)31-16-22(28)26(2)15-21(27)25-20-7-5-4-6-19(20)24/h3-13H,1,14-16H2,2H3,(H,25,27)/b13-10+. The highest BCUT2D eigenvalue weighted by molar-refractivity contribution is 6.33. The minimum Gasteiger partial charge on any atom is -0.490 e. The molecule has 2 aromatic rings. The molecule has 7 nitrogen and oxygen atoms in total. The van der Waals surface area contributed by atoms with Crippen LogP contribution >= 0.6 is 11.6 Å². The summed E-state index contributed by atoms with van der Waals surface area (Å²) in [6.07, 6.45) is 4.43. The molecular weight excluding hydrogens is 420 g/mol. The number of esters is 1. The minimum atomic E-state index is -0.672. The van der Waals surface area contributed by atoms with Gasteiger partial charge in [-0.1, -0.05) is 48.5 Å². The lowest BCUT2D eigenvalue weighted by atomic mass is 10.2. The molecule has 0 aliphatic rings. The smallest absolute Gasteiger partial charge is 0.331 e. The van der Waals surface area contributed by atoms with Crippen LogP contribution in [-0.4, -0.2) is 49.5 Å². The minimum absolute atomic E-state index is 0.211. The quantitative estimate of drug-likeness (QED) is 0.345. The predicted molar refractivity (Wildman–Crippen MR) is 120 cm³/mol. The highest BCUT2D eigenvalue weighted by atomic mass is 35.5. The van der Waals surface area contributed by atoms with Gasteiger partial charge in [-0.05, 0) is 35.9 Å². The van der Waals surface area contributed by atoms with Crippen molar-refractivity contribution in [3.63, 3.8) is 0 Å². The van der Waals surface area contributed by atoms with Gasteiger partial charge in [0.05, 0.1) is 17.3 Å². The van der Waals surface area contributed by atoms with Gasteiger partial charge in [0.2, 0.25) is 5.91 Å². The molecule has 0 unspecified atom stereocenters. The number of benzene rings is 2. The van der Waals surface area contributed by atoms with Crippen molar-refractivity contribution in [1.29, 1.82) is 0 Å². The van der Waals surface area contributed by atoms with Crippen molar-refractivity contribution in [3.05, 3.63) is 77.8 Å². The Morgan fingerprint density at radius 2 is 1.84 bits per heavy atom. The summed E-state index contributed by atoms with van der Waals surface area (Å²) in [6, 6.07) is 13.8. The number of carbonyl (C=O) groups is 3. The Morgan fingerprint density at radius 3 is 2.52 bits per heavy atom. The number of hydrogen-bond acceptors (Lipinski definition) is 5. The third-order valence-electron chi connectivity index (χ3n) is 3.95. The van der Waals surface area contributed by atoms with Crippen LogP contribution in [0.5, 0.6) is 5.75 Å². The number of nitrogens with one attached hydrogen (secondary N) is 1. The second-order valence-corrected chi connectivity index (χ2v) is 6.79. The van der Waals surface area contributed by atoms with Gasteiger partial charge in [0, 0.05) is 13.1 Å². The Kier molecular flexibility index (Phi) is 9.32. The zero-order valence-electron chi connectivity index (χ0n) is 17.0. The van der Waals surface area contributed by atoms with E-state index in [1.807, 2.05) is 0 Å². The number of para-hydroxylation sites is 1. The molecule has 2 amide bonds. The first-order chi connectivity index (χ1) is 14.9. The fraction of sp³-hybridized carbons (Fsp3) is 0.174. The number of ether oxygens (including phenoxy) is 2. The van der Waals surface area contributed by atoms with Crippen LogP contribution in [0.3, 0.4) is 0 Å². The van der Waals surface area contributed by atoms with Gasteiger partial charge >= 0.3 is 5.97 Å². The number of amides is 2. The van der Waals surface area contributed by atoms with Gasteiger partial charge in [-0.25, -0.2) is 4.79 Å². The molecule has 0 saturated carbocycles. The summed E-state index contributed by atoms with van der Waals surface area (Å²) in [5.41, 5.74) is 1.22. The molecule has 0 bridgehead atoms. The van der Waals surface area contributed by atoms with E-state index in [1.165, 1.54) is 13.1 Å². The van der Waals surface area contributed by atoms with Gasteiger partial charge in [-0.15, -0.1) is 0 Å². The van der Waals surface area contributed by atoms with Crippen molar-refractivity contribution in [2.75, 3.05) is 32.1 Å². The fourth-order valence-electron chi connectivity index (χ4n) is 2.34. The normalized spacial score (nSPS) is 10.4. The number of halogens is 1. The second kappa shape index (κ2) is 12.2. The Labute approximate surface area is 185 Å². The average molecular weight is 443 g/mol. The summed E-state index contributed by atoms with van der Waals surface area (Å²) in [5, 5.41) is 3.01. The largest absolute Gasteiger partial charge is 0.490 e. The molecule has 0 atom stereocenters. The Bertz CT molecular complexity index is 957. The molecule has 2 aromatic carbocycles. The van der Waals surface area contributed by atoms with E-state index in [-0.39, 0.29) is 6.54 Å². The SMILES string of the molecule is C=CCOc1ccc(/C=C/C(=O)OCC(=O)N(C)CC(=O)Nc2ccccc2Cl)cc1. The molecule has 0 aliphatic carbocycles. The summed E-state index contributed by atoms with van der Waals surface area (Å²) in [4.78, 5) is 37.2. The second-order valence-electron chi connectivity index (χ2n) is 6.39. The molecule has 0 aromatic heterocycles. The van der Waals surface area contributed by atoms with Crippen molar-refractivity contribution in [3.8, 4) is 5.75 Å². The van der Waals surface area contributed by atoms with Gasteiger partial charge < -0.3 is 19.7 Å². The van der Waals surface area contributed by atoms with Crippen LogP contribution in [0.2, 0.25) is 5.02 Å². The van der Waals surface area contributed by atoms with Gasteiger partial charge in [0.15, 0.2) is 6.61 Å². The summed E-state index contributed by atoms with van der Waals surface area (Å²) in [7, 11) is 1.44. The third-order valence-corrected chi connectivity index (χ3v) is 4.28. The molecule has 0 aliphatic heterocycles. The zero-order chi connectivity index (χ0) is 22.6. The number of anilines is 1. The molecule has 31 heavy (non-hydrogen) atoms. The van der Waals surface area contributed by atoms with Crippen molar-refractivity contribution >= 4 is 41.1 Å². The average Bonchev–Trinajstić information content (AvgIpc) is 2.76. The molecule has 1 N–H and O–H groups in total. The van der Waals surface area contributed by atoms with E-state index in [9.17, 15) is 14.4 Å². The molecular formula is C23H23ClN2O5. The highest BCUT2D eigenvalue weighted by Gasteiger charge is 2.15. The van der Waals surface area contributed by atoms with Crippen molar-refractivity contribution in [2.24, 2.45) is 0 Å². The van der Waals surface area contributed by atoms with E-state index >= 15 is 0 Å². The molecule has 0 heterocycles. The first kappa shape index (κ1) is 23.7. The Balaban J connectivity index is 1.75. The number of carbonyl (C=O) groups excluding carboxylic acids is 3. The van der Waals surface area contributed by atoms with E-state index < -0.39 is 24.4 Å². The van der Waals surface area contributed by atoms with Crippen molar-refractivity contribution < 1.29 is 23.9 Å². The first-order valence-electron chi connectivity index (χ1n) is 9.36. The molecule has 2 rings (SSSR count). The molecule has 0 radical (unpaired) electrons. The summed E-state index contributed by atoms with van der Waals surface area (Å²) < 4.78 is 10.3. The lowest BCUT2D eigenvalue weighted by Crippen LogP contribution is -2.37. The van der Waals surface area contributed by atoms with Crippen LogP contribution in [0.1, 0.15) is 5.56 Å². The lowest BCUT2D eigenvalue weighted by Gasteiger charge is -2.16. The van der Waals surface area contributed by atoms with Crippen LogP contribution in [0.15, 0.2) is 67.3 Å². The molecule has 0 saturated heterocycles. The maximum Gasteiger partial charge on any atom is 0.331 e. The Morgan fingerprint density at radius 1 is 1.13 bits per heavy atom. The molecule has 8 heteroatoms. The van der Waals surface area contributed by atoms with Crippen molar-refractivity contribution in [2.45, 2.75) is 0 Å². The predicted octanol–water partition coefficient (Wildman–Crippen LogP) is 3.56. The zero-order valence-corrected chi connectivity index (χ0v) is 17.8. The number of likely N-dealkylation sites (N-methyl/N-ethyl adjacent to an activating group) is 1. The van der Waals surface area contributed by atoms with E-state index in [2.05, 4.69) is 11.9 Å². The van der Waals surface area contributed by atoms with Crippen molar-refractivity contribution in [1.82, 2.24) is 4.90 Å². The Hall–Kier alpha value is -3.58. The van der Waals surface area contributed by atoms with Gasteiger partial charge in [0.1, 0.15) is 12.4 Å². The third kappa shape index (κ3) is 8.36. The van der Waals surface area contributed by atoms with Crippen LogP contribution in [0.4, 0.5) is 5.69 Å². The molecule has 0 spiro atoms. The highest BCUT2D eigenvalue weighted by Crippen LogP contribution is 2.20. The van der Waals surface area contributed by atoms with Crippen LogP contribution in [0, 0.1) is 0 Å². The fourth-order valence-corrected chi connectivity index (χ4v) is 2.52. The van der Waals surface area contributed by atoms with Gasteiger partial charge in [0.25, 0.3) is 5.91 Å². The van der Waals surface area contributed by atoms with E-state index in [4.69, 9.17) is 21.1 Å². The number of hydrogen-bond donors (Lipinski definition) is 1. The number of nitrogens with zero attached hydrogens (tertiary/aromatic N) is 1. The monoisotopic (exact) mass is 442 g/mol.